The van der Waals surface area contributed by atoms with Gasteiger partial charge in [-0.2, -0.15) is 0 Å². The monoisotopic (exact) mass is 448 g/mol. The highest BCUT2D eigenvalue weighted by molar-refractivity contribution is 7.92. The number of halogens is 2. The zero-order valence-corrected chi connectivity index (χ0v) is 18.0. The number of aryl methyl sites for hydroxylation is 2. The number of amides is 1. The Labute approximate surface area is 179 Å². The number of anilines is 2. The molecule has 0 aromatic heterocycles. The Bertz CT molecular complexity index is 1190. The van der Waals surface area contributed by atoms with Crippen molar-refractivity contribution < 1.29 is 13.2 Å². The van der Waals surface area contributed by atoms with Crippen LogP contribution in [-0.4, -0.2) is 14.3 Å². The van der Waals surface area contributed by atoms with Crippen LogP contribution in [-0.2, 0) is 10.0 Å². The maximum Gasteiger partial charge on any atom is 0.262 e. The third-order valence-electron chi connectivity index (χ3n) is 4.33. The second-order valence-corrected chi connectivity index (χ2v) is 8.89. The van der Waals surface area contributed by atoms with Crippen molar-refractivity contribution in [2.45, 2.75) is 18.7 Å². The van der Waals surface area contributed by atoms with E-state index in [9.17, 15) is 13.2 Å². The van der Waals surface area contributed by atoms with Gasteiger partial charge in [-0.25, -0.2) is 8.42 Å². The molecule has 8 heteroatoms. The molecule has 0 fully saturated rings. The average Bonchev–Trinajstić information content (AvgIpc) is 2.67. The maximum atomic E-state index is 12.9. The SMILES string of the molecule is Cc1ccccc1NS(=O)(=O)c1cc(C(=O)Nc2cccc(Cl)c2Cl)ccc1C. The Balaban J connectivity index is 1.92. The molecule has 3 rings (SSSR count). The normalized spacial score (nSPS) is 11.2. The summed E-state index contributed by atoms with van der Waals surface area (Å²) in [4.78, 5) is 12.7. The van der Waals surface area contributed by atoms with Gasteiger partial charge in [-0.05, 0) is 55.3 Å². The molecule has 0 aliphatic heterocycles. The summed E-state index contributed by atoms with van der Waals surface area (Å²) in [6.45, 7) is 3.48. The fourth-order valence-electron chi connectivity index (χ4n) is 2.71. The second kappa shape index (κ2) is 8.45. The molecule has 0 unspecified atom stereocenters. The van der Waals surface area contributed by atoms with E-state index in [0.29, 0.717) is 22.0 Å². The van der Waals surface area contributed by atoms with E-state index in [0.717, 1.165) is 5.56 Å². The van der Waals surface area contributed by atoms with Crippen LogP contribution in [0.2, 0.25) is 10.0 Å². The molecule has 0 saturated heterocycles. The van der Waals surface area contributed by atoms with Crippen molar-refractivity contribution in [3.63, 3.8) is 0 Å². The summed E-state index contributed by atoms with van der Waals surface area (Å²) in [6.07, 6.45) is 0. The van der Waals surface area contributed by atoms with Crippen molar-refractivity contribution >= 4 is 50.5 Å². The molecular formula is C21H18Cl2N2O3S. The first-order valence-corrected chi connectivity index (χ1v) is 10.9. The molecule has 0 aliphatic rings. The van der Waals surface area contributed by atoms with E-state index in [1.54, 1.807) is 49.4 Å². The van der Waals surface area contributed by atoms with Gasteiger partial charge in [0.15, 0.2) is 0 Å². The molecule has 0 atom stereocenters. The van der Waals surface area contributed by atoms with E-state index in [-0.39, 0.29) is 15.5 Å². The zero-order valence-electron chi connectivity index (χ0n) is 15.7. The van der Waals surface area contributed by atoms with E-state index in [2.05, 4.69) is 10.0 Å². The summed E-state index contributed by atoms with van der Waals surface area (Å²) in [5, 5.41) is 3.17. The summed E-state index contributed by atoms with van der Waals surface area (Å²) in [6, 6.07) is 16.4. The summed E-state index contributed by atoms with van der Waals surface area (Å²) >= 11 is 12.1. The predicted octanol–water partition coefficient (Wildman–Crippen LogP) is 5.66. The molecule has 1 amide bonds. The molecule has 0 radical (unpaired) electrons. The molecule has 5 nitrogen and oxygen atoms in total. The van der Waals surface area contributed by atoms with Crippen LogP contribution in [0.3, 0.4) is 0 Å². The fourth-order valence-corrected chi connectivity index (χ4v) is 4.46. The lowest BCUT2D eigenvalue weighted by atomic mass is 10.1. The van der Waals surface area contributed by atoms with Crippen LogP contribution in [0.15, 0.2) is 65.6 Å². The summed E-state index contributed by atoms with van der Waals surface area (Å²) in [7, 11) is -3.89. The van der Waals surface area contributed by atoms with E-state index in [1.807, 2.05) is 19.1 Å². The van der Waals surface area contributed by atoms with Gasteiger partial charge in [0.05, 0.1) is 26.3 Å². The first-order chi connectivity index (χ1) is 13.7. The molecule has 0 heterocycles. The van der Waals surface area contributed by atoms with Crippen molar-refractivity contribution in [2.75, 3.05) is 10.0 Å². The van der Waals surface area contributed by atoms with Crippen molar-refractivity contribution in [3.05, 3.63) is 87.4 Å². The lowest BCUT2D eigenvalue weighted by Crippen LogP contribution is -2.17. The summed E-state index contributed by atoms with van der Waals surface area (Å²) < 4.78 is 28.4. The molecule has 29 heavy (non-hydrogen) atoms. The average molecular weight is 449 g/mol. The van der Waals surface area contributed by atoms with Crippen LogP contribution in [0, 0.1) is 13.8 Å². The van der Waals surface area contributed by atoms with Gasteiger partial charge in [-0.15, -0.1) is 0 Å². The predicted molar refractivity (Wildman–Crippen MR) is 118 cm³/mol. The number of para-hydroxylation sites is 1. The quantitative estimate of drug-likeness (QED) is 0.528. The van der Waals surface area contributed by atoms with Gasteiger partial charge >= 0.3 is 0 Å². The number of hydrogen-bond donors (Lipinski definition) is 2. The van der Waals surface area contributed by atoms with E-state index < -0.39 is 15.9 Å². The lowest BCUT2D eigenvalue weighted by molar-refractivity contribution is 0.102. The highest BCUT2D eigenvalue weighted by atomic mass is 35.5. The van der Waals surface area contributed by atoms with Crippen LogP contribution < -0.4 is 10.0 Å². The van der Waals surface area contributed by atoms with E-state index in [1.165, 1.54) is 6.07 Å². The summed E-state index contributed by atoms with van der Waals surface area (Å²) in [5.41, 5.74) is 2.30. The minimum atomic E-state index is -3.89. The number of sulfonamides is 1. The molecule has 3 aromatic carbocycles. The largest absolute Gasteiger partial charge is 0.321 e. The van der Waals surface area contributed by atoms with Crippen molar-refractivity contribution in [1.29, 1.82) is 0 Å². The summed E-state index contributed by atoms with van der Waals surface area (Å²) in [5.74, 6) is -0.499. The van der Waals surface area contributed by atoms with Gasteiger partial charge in [0.25, 0.3) is 15.9 Å². The third kappa shape index (κ3) is 4.72. The number of carbonyl (C=O) groups is 1. The maximum absolute atomic E-state index is 12.9. The lowest BCUT2D eigenvalue weighted by Gasteiger charge is -2.14. The van der Waals surface area contributed by atoms with Crippen LogP contribution in [0.1, 0.15) is 21.5 Å². The van der Waals surface area contributed by atoms with Crippen molar-refractivity contribution in [3.8, 4) is 0 Å². The highest BCUT2D eigenvalue weighted by Gasteiger charge is 2.20. The topological polar surface area (TPSA) is 75.3 Å². The zero-order chi connectivity index (χ0) is 21.2. The second-order valence-electron chi connectivity index (χ2n) is 6.46. The molecule has 0 spiro atoms. The molecular weight excluding hydrogens is 431 g/mol. The Hall–Kier alpha value is -2.54. The Morgan fingerprint density at radius 2 is 1.55 bits per heavy atom. The van der Waals surface area contributed by atoms with Gasteiger partial charge in [0.2, 0.25) is 0 Å². The number of nitrogens with one attached hydrogen (secondary N) is 2. The minimum Gasteiger partial charge on any atom is -0.321 e. The Kier molecular flexibility index (Phi) is 6.17. The number of carbonyl (C=O) groups excluding carboxylic acids is 1. The van der Waals surface area contributed by atoms with Crippen LogP contribution in [0.5, 0.6) is 0 Å². The third-order valence-corrected chi connectivity index (χ3v) is 6.66. The van der Waals surface area contributed by atoms with Gasteiger partial charge in [-0.1, -0.05) is 53.5 Å². The van der Waals surface area contributed by atoms with Gasteiger partial charge in [0.1, 0.15) is 0 Å². The van der Waals surface area contributed by atoms with Crippen molar-refractivity contribution in [2.24, 2.45) is 0 Å². The van der Waals surface area contributed by atoms with E-state index >= 15 is 0 Å². The molecule has 150 valence electrons. The van der Waals surface area contributed by atoms with Crippen molar-refractivity contribution in [1.82, 2.24) is 0 Å². The van der Waals surface area contributed by atoms with Gasteiger partial charge in [-0.3, -0.25) is 9.52 Å². The van der Waals surface area contributed by atoms with Crippen LogP contribution in [0.4, 0.5) is 11.4 Å². The highest BCUT2D eigenvalue weighted by Crippen LogP contribution is 2.30. The number of rotatable bonds is 5. The Morgan fingerprint density at radius 3 is 2.28 bits per heavy atom. The van der Waals surface area contributed by atoms with E-state index in [4.69, 9.17) is 23.2 Å². The number of hydrogen-bond acceptors (Lipinski definition) is 3. The molecule has 0 aliphatic carbocycles. The first kappa shape index (κ1) is 21.2. The minimum absolute atomic E-state index is 0.0191. The number of benzene rings is 3. The standard InChI is InChI=1S/C21H18Cl2N2O3S/c1-13-6-3-4-8-17(13)25-29(27,28)19-12-15(11-10-14(19)2)21(26)24-18-9-5-7-16(22)20(18)23/h3-12,25H,1-2H3,(H,24,26). The Morgan fingerprint density at radius 1 is 0.862 bits per heavy atom. The van der Waals surface area contributed by atoms with Gasteiger partial charge in [0, 0.05) is 5.56 Å². The van der Waals surface area contributed by atoms with Crippen LogP contribution in [0.25, 0.3) is 0 Å². The molecule has 3 aromatic rings. The molecule has 0 saturated carbocycles. The molecule has 2 N–H and O–H groups in total. The van der Waals surface area contributed by atoms with Crippen LogP contribution >= 0.6 is 23.2 Å². The molecule has 0 bridgehead atoms. The van der Waals surface area contributed by atoms with Gasteiger partial charge < -0.3 is 5.32 Å². The fraction of sp³-hybridized carbons (Fsp3) is 0.0952. The first-order valence-electron chi connectivity index (χ1n) is 8.63. The smallest absolute Gasteiger partial charge is 0.262 e.